The number of fused-ring (bicyclic) bond motifs is 3. The molecule has 1 saturated carbocycles. The van der Waals surface area contributed by atoms with Crippen LogP contribution in [0.5, 0.6) is 5.75 Å². The summed E-state index contributed by atoms with van der Waals surface area (Å²) >= 11 is 0. The number of aryl methyl sites for hydroxylation is 1. The molecule has 4 aliphatic rings. The first-order valence-electron chi connectivity index (χ1n) is 14.6. The SMILES string of the molecule is CCc1ccc(CN2CCCCC2)cc1-c1ccc(O)c2c1CC1CC3CC(=O)C(C(N)=O)=C(O)C3C(=O)C1=C2O. The molecule has 6 rings (SSSR count). The number of nitrogens with two attached hydrogens (primary N) is 1. The van der Waals surface area contributed by atoms with Gasteiger partial charge in [0.2, 0.25) is 0 Å². The molecule has 5 N–H and O–H groups in total. The number of aliphatic hydroxyl groups is 2. The lowest BCUT2D eigenvalue weighted by atomic mass is 9.61. The van der Waals surface area contributed by atoms with Crippen molar-refractivity contribution in [2.24, 2.45) is 23.5 Å². The van der Waals surface area contributed by atoms with Gasteiger partial charge in [0, 0.05) is 18.5 Å². The number of phenolic OH excluding ortho intramolecular Hbond substituents is 1. The van der Waals surface area contributed by atoms with Crippen LogP contribution in [0.4, 0.5) is 0 Å². The molecule has 1 aliphatic heterocycles. The van der Waals surface area contributed by atoms with Crippen LogP contribution in [0.25, 0.3) is 16.9 Å². The molecule has 3 atom stereocenters. The highest BCUT2D eigenvalue weighted by atomic mass is 16.3. The molecular formula is C33H36N2O6. The predicted molar refractivity (Wildman–Crippen MR) is 154 cm³/mol. The highest BCUT2D eigenvalue weighted by molar-refractivity contribution is 6.21. The van der Waals surface area contributed by atoms with Crippen molar-refractivity contribution in [3.8, 4) is 16.9 Å². The van der Waals surface area contributed by atoms with Crippen LogP contribution in [-0.2, 0) is 33.8 Å². The van der Waals surface area contributed by atoms with E-state index in [-0.39, 0.29) is 29.1 Å². The molecule has 8 nitrogen and oxygen atoms in total. The molecule has 8 heteroatoms. The van der Waals surface area contributed by atoms with Crippen molar-refractivity contribution in [2.45, 2.75) is 58.4 Å². The number of carbonyl (C=O) groups excluding carboxylic acids is 3. The summed E-state index contributed by atoms with van der Waals surface area (Å²) in [6.07, 6.45) is 5.21. The van der Waals surface area contributed by atoms with Gasteiger partial charge in [0.05, 0.1) is 11.5 Å². The third-order valence-corrected chi connectivity index (χ3v) is 9.47. The van der Waals surface area contributed by atoms with Crippen molar-refractivity contribution in [1.82, 2.24) is 4.90 Å². The average molecular weight is 557 g/mol. The number of hydrogen-bond donors (Lipinski definition) is 4. The number of carbonyl (C=O) groups is 3. The van der Waals surface area contributed by atoms with Gasteiger partial charge in [-0.3, -0.25) is 19.3 Å². The molecule has 41 heavy (non-hydrogen) atoms. The quantitative estimate of drug-likeness (QED) is 0.397. The summed E-state index contributed by atoms with van der Waals surface area (Å²) in [5.41, 5.74) is 10.3. The molecule has 0 bridgehead atoms. The zero-order valence-corrected chi connectivity index (χ0v) is 23.3. The number of likely N-dealkylation sites (tertiary alicyclic amines) is 1. The summed E-state index contributed by atoms with van der Waals surface area (Å²) in [4.78, 5) is 40.7. The van der Waals surface area contributed by atoms with E-state index < -0.39 is 46.6 Å². The normalized spacial score (nSPS) is 24.7. The maximum absolute atomic E-state index is 13.7. The standard InChI is InChI=1S/C33H36N2O6/c1-2-18-7-6-17(16-35-10-4-3-5-11-35)12-22(18)21-8-9-24(36)28-23(21)14-19-13-20-15-25(37)29(33(34)41)32(40)27(20)30(38)26(19)31(28)39/h6-9,12,19-20,27,36,39-40H,2-5,10-11,13-16H2,1H3,(H2,34,41). The van der Waals surface area contributed by atoms with Gasteiger partial charge < -0.3 is 21.1 Å². The summed E-state index contributed by atoms with van der Waals surface area (Å²) in [5, 5.41) is 33.2. The second-order valence-electron chi connectivity index (χ2n) is 11.9. The number of piperidine rings is 1. The van der Waals surface area contributed by atoms with Crippen molar-refractivity contribution in [3.05, 3.63) is 69.5 Å². The van der Waals surface area contributed by atoms with Gasteiger partial charge in [-0.25, -0.2) is 0 Å². The molecule has 2 aromatic rings. The summed E-state index contributed by atoms with van der Waals surface area (Å²) in [7, 11) is 0. The molecular weight excluding hydrogens is 520 g/mol. The van der Waals surface area contributed by atoms with Crippen LogP contribution < -0.4 is 5.73 Å². The zero-order chi connectivity index (χ0) is 29.0. The van der Waals surface area contributed by atoms with Gasteiger partial charge in [-0.15, -0.1) is 0 Å². The number of allylic oxidation sites excluding steroid dienone is 2. The number of aromatic hydroxyl groups is 1. The molecule has 2 aromatic carbocycles. The average Bonchev–Trinajstić information content (AvgIpc) is 2.93. The third-order valence-electron chi connectivity index (χ3n) is 9.47. The van der Waals surface area contributed by atoms with E-state index in [9.17, 15) is 29.7 Å². The lowest BCUT2D eigenvalue weighted by Crippen LogP contribution is -2.44. The summed E-state index contributed by atoms with van der Waals surface area (Å²) in [5.74, 6) is -5.19. The Morgan fingerprint density at radius 2 is 1.76 bits per heavy atom. The highest BCUT2D eigenvalue weighted by Crippen LogP contribution is 2.51. The molecule has 2 fully saturated rings. The molecule has 214 valence electrons. The van der Waals surface area contributed by atoms with Crippen LogP contribution in [0.15, 0.2) is 47.2 Å². The van der Waals surface area contributed by atoms with Crippen molar-refractivity contribution in [1.29, 1.82) is 0 Å². The number of amides is 1. The molecule has 1 heterocycles. The van der Waals surface area contributed by atoms with Gasteiger partial charge in [-0.1, -0.05) is 31.5 Å². The van der Waals surface area contributed by atoms with E-state index in [2.05, 4.69) is 30.0 Å². The number of nitrogens with zero attached hydrogens (tertiary/aromatic N) is 1. The van der Waals surface area contributed by atoms with Crippen molar-refractivity contribution in [3.63, 3.8) is 0 Å². The van der Waals surface area contributed by atoms with Crippen LogP contribution in [-0.4, -0.2) is 50.8 Å². The smallest absolute Gasteiger partial charge is 0.255 e. The number of phenols is 1. The number of benzene rings is 2. The van der Waals surface area contributed by atoms with Gasteiger partial charge in [0.15, 0.2) is 11.6 Å². The number of primary amides is 1. The van der Waals surface area contributed by atoms with E-state index in [0.29, 0.717) is 12.8 Å². The Bertz CT molecular complexity index is 1530. The Balaban J connectivity index is 1.44. The van der Waals surface area contributed by atoms with Crippen LogP contribution in [0.2, 0.25) is 0 Å². The first-order chi connectivity index (χ1) is 19.7. The fourth-order valence-electron chi connectivity index (χ4n) is 7.55. The van der Waals surface area contributed by atoms with Gasteiger partial charge in [-0.05, 0) is 97.0 Å². The topological polar surface area (TPSA) is 141 Å². The van der Waals surface area contributed by atoms with Crippen LogP contribution in [0, 0.1) is 17.8 Å². The number of Topliss-reactive ketones (excluding diaryl/α,β-unsaturated/α-hetero) is 2. The first-order valence-corrected chi connectivity index (χ1v) is 14.6. The maximum atomic E-state index is 13.7. The lowest BCUT2D eigenvalue weighted by molar-refractivity contribution is -0.127. The minimum Gasteiger partial charge on any atom is -0.511 e. The molecule has 0 spiro atoms. The van der Waals surface area contributed by atoms with E-state index in [1.807, 2.05) is 6.07 Å². The van der Waals surface area contributed by atoms with E-state index in [0.717, 1.165) is 48.3 Å². The minimum absolute atomic E-state index is 0.0679. The fourth-order valence-corrected chi connectivity index (χ4v) is 7.55. The third kappa shape index (κ3) is 4.54. The molecule has 0 aromatic heterocycles. The Kier molecular flexibility index (Phi) is 6.98. The van der Waals surface area contributed by atoms with Gasteiger partial charge >= 0.3 is 0 Å². The van der Waals surface area contributed by atoms with E-state index >= 15 is 0 Å². The maximum Gasteiger partial charge on any atom is 0.255 e. The molecule has 1 saturated heterocycles. The van der Waals surface area contributed by atoms with Crippen LogP contribution in [0.3, 0.4) is 0 Å². The number of aliphatic hydroxyl groups excluding tert-OH is 2. The summed E-state index contributed by atoms with van der Waals surface area (Å²) < 4.78 is 0. The van der Waals surface area contributed by atoms with Gasteiger partial charge in [-0.2, -0.15) is 0 Å². The highest BCUT2D eigenvalue weighted by Gasteiger charge is 2.51. The Labute approximate surface area is 239 Å². The van der Waals surface area contributed by atoms with Crippen molar-refractivity contribution < 1.29 is 29.7 Å². The van der Waals surface area contributed by atoms with E-state index in [1.165, 1.54) is 24.8 Å². The molecule has 1 amide bonds. The molecule has 3 aliphatic carbocycles. The van der Waals surface area contributed by atoms with Crippen molar-refractivity contribution in [2.75, 3.05) is 13.1 Å². The summed E-state index contributed by atoms with van der Waals surface area (Å²) in [6, 6.07) is 9.99. The predicted octanol–water partition coefficient (Wildman–Crippen LogP) is 4.52. The molecule has 0 radical (unpaired) electrons. The number of ketones is 2. The lowest BCUT2D eigenvalue weighted by Gasteiger charge is -2.41. The van der Waals surface area contributed by atoms with Crippen LogP contribution >= 0.6 is 0 Å². The second-order valence-corrected chi connectivity index (χ2v) is 11.9. The zero-order valence-electron chi connectivity index (χ0n) is 23.3. The van der Waals surface area contributed by atoms with Crippen LogP contribution in [0.1, 0.15) is 61.3 Å². The first kappa shape index (κ1) is 27.3. The van der Waals surface area contributed by atoms with E-state index in [4.69, 9.17) is 5.73 Å². The molecule has 3 unspecified atom stereocenters. The van der Waals surface area contributed by atoms with E-state index in [1.54, 1.807) is 6.07 Å². The number of rotatable bonds is 5. The van der Waals surface area contributed by atoms with Gasteiger partial charge in [0.1, 0.15) is 22.8 Å². The Morgan fingerprint density at radius 3 is 2.46 bits per heavy atom. The number of hydrogen-bond acceptors (Lipinski definition) is 7. The Morgan fingerprint density at radius 1 is 1.00 bits per heavy atom. The largest absolute Gasteiger partial charge is 0.511 e. The van der Waals surface area contributed by atoms with Crippen molar-refractivity contribution >= 4 is 23.2 Å². The van der Waals surface area contributed by atoms with Gasteiger partial charge in [0.25, 0.3) is 5.91 Å². The monoisotopic (exact) mass is 556 g/mol. The fraction of sp³-hybridized carbons (Fsp3) is 0.424. The Hall–Kier alpha value is -3.91. The second kappa shape index (κ2) is 10.5. The minimum atomic E-state index is -1.12. The summed E-state index contributed by atoms with van der Waals surface area (Å²) in [6.45, 7) is 5.15.